The van der Waals surface area contributed by atoms with Gasteiger partial charge in [0.15, 0.2) is 0 Å². The van der Waals surface area contributed by atoms with Crippen molar-refractivity contribution < 1.29 is 14.8 Å². The maximum Gasteiger partial charge on any atom is 0.274 e. The fraction of sp³-hybridized carbons (Fsp3) is 0.0909. The first-order valence-corrected chi connectivity index (χ1v) is 9.03. The van der Waals surface area contributed by atoms with E-state index in [9.17, 15) is 20.0 Å². The zero-order valence-corrected chi connectivity index (χ0v) is 15.3. The zero-order chi connectivity index (χ0) is 20.4. The van der Waals surface area contributed by atoms with Gasteiger partial charge in [0.05, 0.1) is 16.7 Å². The number of phenolic OH excluding ortho intramolecular Hbond substituents is 1. The van der Waals surface area contributed by atoms with Crippen molar-refractivity contribution in [3.8, 4) is 5.75 Å². The third kappa shape index (κ3) is 3.58. The number of amides is 1. The highest BCUT2D eigenvalue weighted by Gasteiger charge is 2.35. The SMILES string of the molecule is O=C(c1cccc([N+](=O)[O-])c1)N1N=C(c2ccccc2)CC1c1ccccc1O. The lowest BCUT2D eigenvalue weighted by Gasteiger charge is -2.22. The fourth-order valence-corrected chi connectivity index (χ4v) is 3.40. The normalized spacial score (nSPS) is 15.8. The number of carbonyl (C=O) groups is 1. The highest BCUT2D eigenvalue weighted by atomic mass is 16.6. The number of benzene rings is 3. The predicted molar refractivity (Wildman–Crippen MR) is 108 cm³/mol. The Kier molecular flexibility index (Phi) is 4.78. The molecule has 1 unspecified atom stereocenters. The van der Waals surface area contributed by atoms with Gasteiger partial charge in [0.25, 0.3) is 11.6 Å². The van der Waals surface area contributed by atoms with Crippen molar-refractivity contribution in [1.82, 2.24) is 5.01 Å². The summed E-state index contributed by atoms with van der Waals surface area (Å²) < 4.78 is 0. The first-order chi connectivity index (χ1) is 14.0. The number of hydrogen-bond donors (Lipinski definition) is 1. The molecule has 0 spiro atoms. The number of hydrazone groups is 1. The van der Waals surface area contributed by atoms with E-state index in [-0.39, 0.29) is 17.0 Å². The minimum absolute atomic E-state index is 0.0684. The number of hydrogen-bond acceptors (Lipinski definition) is 5. The summed E-state index contributed by atoms with van der Waals surface area (Å²) >= 11 is 0. The lowest BCUT2D eigenvalue weighted by atomic mass is 9.97. The Morgan fingerprint density at radius 3 is 2.48 bits per heavy atom. The fourth-order valence-electron chi connectivity index (χ4n) is 3.40. The van der Waals surface area contributed by atoms with Crippen LogP contribution in [0.2, 0.25) is 0 Å². The van der Waals surface area contributed by atoms with Crippen molar-refractivity contribution in [3.63, 3.8) is 0 Å². The summed E-state index contributed by atoms with van der Waals surface area (Å²) in [5, 5.41) is 27.3. The number of carbonyl (C=O) groups excluding carboxylic acids is 1. The van der Waals surface area contributed by atoms with E-state index < -0.39 is 16.9 Å². The summed E-state index contributed by atoms with van der Waals surface area (Å²) in [4.78, 5) is 23.8. The molecule has 0 aromatic heterocycles. The van der Waals surface area contributed by atoms with Gasteiger partial charge < -0.3 is 5.11 Å². The summed E-state index contributed by atoms with van der Waals surface area (Å²) in [6, 6.07) is 21.3. The summed E-state index contributed by atoms with van der Waals surface area (Å²) in [5.41, 5.74) is 2.15. The Hall–Kier alpha value is -4.00. The number of rotatable bonds is 4. The Labute approximate surface area is 166 Å². The molecule has 7 nitrogen and oxygen atoms in total. The molecule has 3 aromatic rings. The van der Waals surface area contributed by atoms with Gasteiger partial charge >= 0.3 is 0 Å². The van der Waals surface area contributed by atoms with E-state index in [1.54, 1.807) is 24.3 Å². The summed E-state index contributed by atoms with van der Waals surface area (Å²) in [7, 11) is 0. The van der Waals surface area contributed by atoms with E-state index in [4.69, 9.17) is 0 Å². The van der Waals surface area contributed by atoms with Crippen LogP contribution in [-0.4, -0.2) is 26.7 Å². The number of nitrogens with zero attached hydrogens (tertiary/aromatic N) is 3. The monoisotopic (exact) mass is 387 g/mol. The van der Waals surface area contributed by atoms with Crippen molar-refractivity contribution in [3.05, 3.63) is 106 Å². The van der Waals surface area contributed by atoms with Crippen molar-refractivity contribution in [2.24, 2.45) is 5.10 Å². The van der Waals surface area contributed by atoms with Crippen LogP contribution >= 0.6 is 0 Å². The van der Waals surface area contributed by atoms with Gasteiger partial charge in [-0.25, -0.2) is 5.01 Å². The highest BCUT2D eigenvalue weighted by molar-refractivity contribution is 6.05. The van der Waals surface area contributed by atoms with Crippen LogP contribution < -0.4 is 0 Å². The summed E-state index contributed by atoms with van der Waals surface area (Å²) in [6.45, 7) is 0. The van der Waals surface area contributed by atoms with Gasteiger partial charge in [-0.2, -0.15) is 5.10 Å². The minimum Gasteiger partial charge on any atom is -0.508 e. The molecule has 1 heterocycles. The molecule has 0 aliphatic carbocycles. The molecule has 4 rings (SSSR count). The van der Waals surface area contributed by atoms with Gasteiger partial charge in [-0.3, -0.25) is 14.9 Å². The molecule has 1 aliphatic rings. The van der Waals surface area contributed by atoms with Crippen LogP contribution in [0, 0.1) is 10.1 Å². The van der Waals surface area contributed by atoms with Crippen LogP contribution in [0.4, 0.5) is 5.69 Å². The third-order valence-corrected chi connectivity index (χ3v) is 4.83. The average molecular weight is 387 g/mol. The van der Waals surface area contributed by atoms with Crippen LogP contribution in [0.15, 0.2) is 84.0 Å². The number of nitro benzene ring substituents is 1. The van der Waals surface area contributed by atoms with E-state index in [1.165, 1.54) is 29.3 Å². The standard InChI is InChI=1S/C22H17N3O4/c26-21-12-5-4-11-18(21)20-14-19(15-7-2-1-3-8-15)23-24(20)22(27)16-9-6-10-17(13-16)25(28)29/h1-13,20,26H,14H2. The first-order valence-electron chi connectivity index (χ1n) is 9.03. The lowest BCUT2D eigenvalue weighted by molar-refractivity contribution is -0.384. The number of non-ortho nitro benzene ring substituents is 1. The van der Waals surface area contributed by atoms with Gasteiger partial charge in [0.2, 0.25) is 0 Å². The second kappa shape index (κ2) is 7.55. The van der Waals surface area contributed by atoms with Gasteiger partial charge in [-0.05, 0) is 17.7 Å². The largest absolute Gasteiger partial charge is 0.508 e. The quantitative estimate of drug-likeness (QED) is 0.533. The van der Waals surface area contributed by atoms with Gasteiger partial charge in [0.1, 0.15) is 5.75 Å². The Morgan fingerprint density at radius 2 is 1.76 bits per heavy atom. The molecule has 0 bridgehead atoms. The molecule has 1 amide bonds. The second-order valence-electron chi connectivity index (χ2n) is 6.65. The van der Waals surface area contributed by atoms with Crippen LogP contribution in [0.1, 0.15) is 33.9 Å². The Balaban J connectivity index is 1.76. The molecule has 7 heteroatoms. The molecular formula is C22H17N3O4. The van der Waals surface area contributed by atoms with Crippen LogP contribution in [0.25, 0.3) is 0 Å². The average Bonchev–Trinajstić information content (AvgIpc) is 3.19. The van der Waals surface area contributed by atoms with E-state index in [0.29, 0.717) is 17.7 Å². The maximum absolute atomic E-state index is 13.2. The van der Waals surface area contributed by atoms with E-state index in [0.717, 1.165) is 5.56 Å². The molecule has 3 aromatic carbocycles. The Bertz CT molecular complexity index is 1110. The molecular weight excluding hydrogens is 370 g/mol. The molecule has 144 valence electrons. The minimum atomic E-state index is -0.542. The predicted octanol–water partition coefficient (Wildman–Crippen LogP) is 4.29. The Morgan fingerprint density at radius 1 is 1.03 bits per heavy atom. The van der Waals surface area contributed by atoms with E-state index >= 15 is 0 Å². The lowest BCUT2D eigenvalue weighted by Crippen LogP contribution is -2.27. The highest BCUT2D eigenvalue weighted by Crippen LogP contribution is 2.37. The van der Waals surface area contributed by atoms with E-state index in [1.807, 2.05) is 30.3 Å². The van der Waals surface area contributed by atoms with Crippen LogP contribution in [0.3, 0.4) is 0 Å². The molecule has 29 heavy (non-hydrogen) atoms. The molecule has 0 fully saturated rings. The van der Waals surface area contributed by atoms with Crippen molar-refractivity contribution in [2.75, 3.05) is 0 Å². The topological polar surface area (TPSA) is 96.0 Å². The molecule has 1 aliphatic heterocycles. The molecule has 1 atom stereocenters. The van der Waals surface area contributed by atoms with Crippen LogP contribution in [-0.2, 0) is 0 Å². The molecule has 0 saturated carbocycles. The van der Waals surface area contributed by atoms with Crippen molar-refractivity contribution in [2.45, 2.75) is 12.5 Å². The van der Waals surface area contributed by atoms with Gasteiger partial charge in [-0.1, -0.05) is 54.6 Å². The van der Waals surface area contributed by atoms with Crippen LogP contribution in [0.5, 0.6) is 5.75 Å². The first kappa shape index (κ1) is 18.4. The maximum atomic E-state index is 13.2. The third-order valence-electron chi connectivity index (χ3n) is 4.83. The van der Waals surface area contributed by atoms with Crippen molar-refractivity contribution >= 4 is 17.3 Å². The number of nitro groups is 1. The summed E-state index contributed by atoms with van der Waals surface area (Å²) in [6.07, 6.45) is 0.419. The number of phenols is 1. The van der Waals surface area contributed by atoms with Gasteiger partial charge in [-0.15, -0.1) is 0 Å². The smallest absolute Gasteiger partial charge is 0.274 e. The van der Waals surface area contributed by atoms with E-state index in [2.05, 4.69) is 5.10 Å². The summed E-state index contributed by atoms with van der Waals surface area (Å²) in [5.74, 6) is -0.397. The van der Waals surface area contributed by atoms with Crippen molar-refractivity contribution in [1.29, 1.82) is 0 Å². The number of aromatic hydroxyl groups is 1. The zero-order valence-electron chi connectivity index (χ0n) is 15.3. The number of para-hydroxylation sites is 1. The molecule has 0 saturated heterocycles. The molecule has 1 N–H and O–H groups in total. The van der Waals surface area contributed by atoms with Gasteiger partial charge in [0, 0.05) is 29.7 Å². The second-order valence-corrected chi connectivity index (χ2v) is 6.65. The molecule has 0 radical (unpaired) electrons.